The van der Waals surface area contributed by atoms with Gasteiger partial charge in [0.1, 0.15) is 11.7 Å². The Kier molecular flexibility index (Phi) is 11.3. The molecule has 11 nitrogen and oxygen atoms in total. The number of hydroxylamine groups is 2. The highest BCUT2D eigenvalue weighted by atomic mass is 16.7. The zero-order chi connectivity index (χ0) is 27.3. The lowest BCUT2D eigenvalue weighted by atomic mass is 9.94. The Hall–Kier alpha value is -3.67. The highest BCUT2D eigenvalue weighted by molar-refractivity contribution is 6.05. The number of carbonyl (C=O) groups excluding carboxylic acids is 2. The van der Waals surface area contributed by atoms with Crippen LogP contribution in [0.2, 0.25) is 0 Å². The molecule has 6 N–H and O–H groups in total. The van der Waals surface area contributed by atoms with E-state index in [1.165, 1.54) is 24.3 Å². The molecule has 4 rings (SSSR count). The minimum Gasteiger partial charge on any atom is -0.387 e. The topological polar surface area (TPSA) is 161 Å². The molecule has 1 fully saturated rings. The number of benzene rings is 1. The van der Waals surface area contributed by atoms with Gasteiger partial charge in [-0.05, 0) is 44.0 Å². The summed E-state index contributed by atoms with van der Waals surface area (Å²) in [5.74, 6) is 0.616. The maximum Gasteiger partial charge on any atom is 0.273 e. The molecule has 0 radical (unpaired) electrons. The third kappa shape index (κ3) is 8.17. The predicted molar refractivity (Wildman–Crippen MR) is 148 cm³/mol. The van der Waals surface area contributed by atoms with Gasteiger partial charge in [-0.2, -0.15) is 0 Å². The van der Waals surface area contributed by atoms with Crippen molar-refractivity contribution in [3.63, 3.8) is 0 Å². The highest BCUT2D eigenvalue weighted by Crippen LogP contribution is 2.31. The number of nitrogens with two attached hydrogens (primary N) is 2. The van der Waals surface area contributed by atoms with E-state index in [9.17, 15) is 9.59 Å². The molecular weight excluding hydrogens is 484 g/mol. The van der Waals surface area contributed by atoms with Crippen LogP contribution in [0.4, 0.5) is 5.69 Å². The first-order valence-electron chi connectivity index (χ1n) is 13.0. The van der Waals surface area contributed by atoms with Crippen LogP contribution in [0, 0.1) is 0 Å². The molecule has 2 heterocycles. The molecule has 11 heteroatoms. The Balaban J connectivity index is 0.000000585. The number of hydrogen-bond donors (Lipinski definition) is 4. The molecule has 1 saturated carbocycles. The molecule has 2 aliphatic rings. The monoisotopic (exact) mass is 522 g/mol. The molecule has 1 aliphatic heterocycles. The van der Waals surface area contributed by atoms with Crippen molar-refractivity contribution in [2.45, 2.75) is 51.6 Å². The molecule has 1 aromatic heterocycles. The number of nitrogens with one attached hydrogen (secondary N) is 2. The van der Waals surface area contributed by atoms with Crippen molar-refractivity contribution in [2.75, 3.05) is 26.7 Å². The summed E-state index contributed by atoms with van der Waals surface area (Å²) >= 11 is 0. The number of amidine groups is 1. The minimum atomic E-state index is -0.279. The molecule has 0 spiro atoms. The standard InChI is InChI=1S/C22H27N7O3.C5H11N/c1-2-6-29(32-7-5-25-14-30)22(31)17-8-16-4-3-15(9-19(16)28-20(24)10-17)18-12-26-21(11-23)27-13-18;1-6-5-3-2-4-5/h3-4,8-9,12-14H,2,5-7,10-11,23H2,1H3,(H2,24,28)(H,25,30);5-6H,2-4H2,1H3. The van der Waals surface area contributed by atoms with Crippen LogP contribution in [-0.4, -0.2) is 66.0 Å². The van der Waals surface area contributed by atoms with Gasteiger partial charge in [-0.15, -0.1) is 0 Å². The summed E-state index contributed by atoms with van der Waals surface area (Å²) < 4.78 is 0. The minimum absolute atomic E-state index is 0.187. The van der Waals surface area contributed by atoms with Crippen LogP contribution in [0.3, 0.4) is 0 Å². The number of fused-ring (bicyclic) bond motifs is 1. The van der Waals surface area contributed by atoms with E-state index in [-0.39, 0.29) is 25.5 Å². The zero-order valence-corrected chi connectivity index (χ0v) is 22.2. The summed E-state index contributed by atoms with van der Waals surface area (Å²) in [7, 11) is 2.03. The maximum atomic E-state index is 13.1. The van der Waals surface area contributed by atoms with E-state index >= 15 is 0 Å². The Morgan fingerprint density at radius 3 is 2.58 bits per heavy atom. The molecule has 0 unspecified atom stereocenters. The Bertz CT molecular complexity index is 1130. The van der Waals surface area contributed by atoms with Gasteiger partial charge >= 0.3 is 0 Å². The number of carbonyl (C=O) groups is 2. The lowest BCUT2D eigenvalue weighted by molar-refractivity contribution is -0.181. The van der Waals surface area contributed by atoms with Crippen LogP contribution in [0.1, 0.15) is 50.4 Å². The Labute approximate surface area is 223 Å². The summed E-state index contributed by atoms with van der Waals surface area (Å²) in [6.07, 6.45) is 11.0. The number of nitrogens with zero attached hydrogens (tertiary/aromatic N) is 4. The number of aromatic nitrogens is 2. The van der Waals surface area contributed by atoms with Gasteiger partial charge in [-0.3, -0.25) is 14.4 Å². The number of aliphatic imine (C=N–C) groups is 1. The molecule has 1 aliphatic carbocycles. The number of amides is 2. The Morgan fingerprint density at radius 1 is 1.24 bits per heavy atom. The summed E-state index contributed by atoms with van der Waals surface area (Å²) in [5.41, 5.74) is 15.3. The van der Waals surface area contributed by atoms with E-state index in [2.05, 4.69) is 25.6 Å². The van der Waals surface area contributed by atoms with E-state index in [4.69, 9.17) is 16.3 Å². The summed E-state index contributed by atoms with van der Waals surface area (Å²) in [4.78, 5) is 42.1. The van der Waals surface area contributed by atoms with E-state index in [1.807, 2.05) is 32.2 Å². The molecule has 1 aromatic carbocycles. The largest absolute Gasteiger partial charge is 0.387 e. The van der Waals surface area contributed by atoms with Gasteiger partial charge in [0, 0.05) is 54.6 Å². The second-order valence-corrected chi connectivity index (χ2v) is 9.04. The van der Waals surface area contributed by atoms with E-state index < -0.39 is 0 Å². The van der Waals surface area contributed by atoms with Crippen molar-refractivity contribution in [2.24, 2.45) is 16.5 Å². The van der Waals surface area contributed by atoms with Crippen LogP contribution in [0.25, 0.3) is 17.2 Å². The molecule has 0 atom stereocenters. The average Bonchev–Trinajstić information content (AvgIpc) is 3.07. The number of rotatable bonds is 11. The zero-order valence-electron chi connectivity index (χ0n) is 22.2. The summed E-state index contributed by atoms with van der Waals surface area (Å²) in [6.45, 7) is 3.14. The summed E-state index contributed by atoms with van der Waals surface area (Å²) in [5, 5.41) is 7.02. The quantitative estimate of drug-likeness (QED) is 0.198. The fourth-order valence-electron chi connectivity index (χ4n) is 3.88. The number of hydrogen-bond acceptors (Lipinski definition) is 9. The van der Waals surface area contributed by atoms with Gasteiger partial charge in [0.05, 0.1) is 18.8 Å². The van der Waals surface area contributed by atoms with Gasteiger partial charge in [0.25, 0.3) is 5.91 Å². The molecular formula is C27H38N8O3. The van der Waals surface area contributed by atoms with Gasteiger partial charge in [-0.25, -0.2) is 20.0 Å². The van der Waals surface area contributed by atoms with Crippen molar-refractivity contribution >= 4 is 29.9 Å². The molecule has 204 valence electrons. The van der Waals surface area contributed by atoms with Gasteiger partial charge < -0.3 is 22.1 Å². The van der Waals surface area contributed by atoms with Crippen LogP contribution >= 0.6 is 0 Å². The molecule has 0 bridgehead atoms. The maximum absolute atomic E-state index is 13.1. The van der Waals surface area contributed by atoms with Gasteiger partial charge in [0.2, 0.25) is 6.41 Å². The van der Waals surface area contributed by atoms with Crippen molar-refractivity contribution in [1.29, 1.82) is 0 Å². The third-order valence-corrected chi connectivity index (χ3v) is 6.24. The fourth-order valence-corrected chi connectivity index (χ4v) is 3.88. The third-order valence-electron chi connectivity index (χ3n) is 6.24. The second-order valence-electron chi connectivity index (χ2n) is 9.04. The summed E-state index contributed by atoms with van der Waals surface area (Å²) in [6, 6.07) is 6.56. The smallest absolute Gasteiger partial charge is 0.273 e. The van der Waals surface area contributed by atoms with Crippen LogP contribution < -0.4 is 22.1 Å². The normalized spacial score (nSPS) is 14.5. The van der Waals surface area contributed by atoms with E-state index in [1.54, 1.807) is 18.5 Å². The molecule has 0 saturated heterocycles. The first-order valence-corrected chi connectivity index (χ1v) is 13.0. The van der Waals surface area contributed by atoms with Crippen LogP contribution in [-0.2, 0) is 21.0 Å². The first kappa shape index (κ1) is 28.9. The van der Waals surface area contributed by atoms with E-state index in [0.29, 0.717) is 48.8 Å². The van der Waals surface area contributed by atoms with Gasteiger partial charge in [0.15, 0.2) is 0 Å². The van der Waals surface area contributed by atoms with E-state index in [0.717, 1.165) is 22.7 Å². The SMILES string of the molecule is CCCN(OCCNC=O)C(=O)C1=Cc2ccc(-c3cnc(CN)nc3)cc2N=C(N)C1.CNC1CCC1. The Morgan fingerprint density at radius 2 is 2.00 bits per heavy atom. The molecule has 38 heavy (non-hydrogen) atoms. The van der Waals surface area contributed by atoms with Crippen molar-refractivity contribution in [1.82, 2.24) is 25.7 Å². The molecule has 2 amide bonds. The highest BCUT2D eigenvalue weighted by Gasteiger charge is 2.22. The lowest BCUT2D eigenvalue weighted by Gasteiger charge is -2.23. The van der Waals surface area contributed by atoms with Crippen molar-refractivity contribution in [3.05, 3.63) is 47.6 Å². The fraction of sp³-hybridized carbons (Fsp3) is 0.444. The van der Waals surface area contributed by atoms with Crippen molar-refractivity contribution in [3.8, 4) is 11.1 Å². The van der Waals surface area contributed by atoms with Crippen LogP contribution in [0.15, 0.2) is 41.2 Å². The molecule has 2 aromatic rings. The lowest BCUT2D eigenvalue weighted by Crippen LogP contribution is -2.36. The second kappa shape index (κ2) is 14.9. The first-order chi connectivity index (χ1) is 18.5. The van der Waals surface area contributed by atoms with Crippen LogP contribution in [0.5, 0.6) is 0 Å². The van der Waals surface area contributed by atoms with Crippen molar-refractivity contribution < 1.29 is 14.4 Å². The average molecular weight is 523 g/mol. The van der Waals surface area contributed by atoms with Gasteiger partial charge in [-0.1, -0.05) is 25.5 Å². The predicted octanol–water partition coefficient (Wildman–Crippen LogP) is 2.05.